The van der Waals surface area contributed by atoms with E-state index in [0.29, 0.717) is 109 Å². The monoisotopic (exact) mass is 1970 g/mol. The van der Waals surface area contributed by atoms with Crippen molar-refractivity contribution < 1.29 is 295 Å². The molecule has 0 aliphatic rings. The van der Waals surface area contributed by atoms with Gasteiger partial charge in [-0.2, -0.15) is 105 Å². The van der Waals surface area contributed by atoms with Crippen molar-refractivity contribution in [2.75, 3.05) is 31.8 Å². The molecule has 0 heterocycles. The molecule has 127 heavy (non-hydrogen) atoms. The second kappa shape index (κ2) is 48.3. The Bertz CT molecular complexity index is 4490. The van der Waals surface area contributed by atoms with Crippen molar-refractivity contribution in [2.45, 2.75) is 83.9 Å². The molecule has 0 unspecified atom stereocenters. The van der Waals surface area contributed by atoms with Crippen LogP contribution in [0.2, 0.25) is 0 Å². The van der Waals surface area contributed by atoms with Gasteiger partial charge in [-0.3, -0.25) is 4.79 Å². The maximum atomic E-state index is 14.2. The maximum absolute atomic E-state index is 14.2. The zero-order valence-corrected chi connectivity index (χ0v) is 72.9. The van der Waals surface area contributed by atoms with Gasteiger partial charge in [0, 0.05) is 24.0 Å². The van der Waals surface area contributed by atoms with Crippen LogP contribution in [-0.2, 0) is 44.2 Å². The average molecular weight is 1970 g/mol. The number of hydrogen-bond acceptors (Lipinski definition) is 11. The molecule has 0 radical (unpaired) electrons. The molecule has 0 saturated heterocycles. The number of benzene rings is 8. The van der Waals surface area contributed by atoms with Crippen LogP contribution in [0.4, 0.5) is 136 Å². The zero-order chi connectivity index (χ0) is 95.8. The van der Waals surface area contributed by atoms with E-state index >= 15 is 0 Å². The van der Waals surface area contributed by atoms with Gasteiger partial charge in [0.25, 0.3) is 6.47 Å². The van der Waals surface area contributed by atoms with Gasteiger partial charge < -0.3 is 50.9 Å². The predicted octanol–water partition coefficient (Wildman–Crippen LogP) is 19.1. The minimum absolute atomic E-state index is 0. The molecule has 684 valence electrons. The Balaban J connectivity index is 0.00000162. The molecule has 0 aliphatic carbocycles. The predicted molar refractivity (Wildman–Crippen MR) is 393 cm³/mol. The summed E-state index contributed by atoms with van der Waals surface area (Å²) < 4.78 is 443. The van der Waals surface area contributed by atoms with E-state index in [-0.39, 0.29) is 145 Å². The van der Waals surface area contributed by atoms with E-state index in [1.807, 2.05) is 0 Å². The number of carbonyl (C=O) groups excluding carboxylic acids is 1. The standard InChI is InChI=1S/3C21H16F8O2.C15H10F6O2.C3H4BrF.CH2O3.2K.H/c2*1-13(22)11-30-17-7-3-15(4-8-17)19(20(24,25)26,21(27,28)29)16-5-9-18(10-6-16)31-12-14(2)23;1-11(22)7-13-9-15(3-5-17(13)30)19(20(24,25)26,21(27,28)29)16-4-6-18(31)14(10-16)8-12(2)23;16-14(17,18)13(15(19,20)21,9-1-5-11(22)6-2-9)10-3-7-12(23)8-4-10;1-3(5)2-4;2-1-4-3;;;/h2*3-10H,1-2,11-12H2;3-6,9-10,30-31H,1-2,7-8H2;1-8,22-23H;1-2H2;1,3H;;;/q;;;;;;2*+1;-1/p-1. The van der Waals surface area contributed by atoms with Gasteiger partial charge in [-0.15, -0.1) is 0 Å². The summed E-state index contributed by atoms with van der Waals surface area (Å²) in [5, 5.41) is 46.5. The van der Waals surface area contributed by atoms with Gasteiger partial charge in [-0.05, 0) is 129 Å². The van der Waals surface area contributed by atoms with Crippen LogP contribution in [0, 0.1) is 0 Å². The van der Waals surface area contributed by atoms with Gasteiger partial charge in [0.15, 0.2) is 0 Å². The normalized spacial score (nSPS) is 12.0. The smallest absolute Gasteiger partial charge is 1.00 e. The minimum atomic E-state index is -5.97. The first kappa shape index (κ1) is 116. The Labute approximate surface area is 795 Å². The Morgan fingerprint density at radius 1 is 0.299 bits per heavy atom. The summed E-state index contributed by atoms with van der Waals surface area (Å²) in [5.74, 6) is -8.94. The molecule has 0 amide bonds. The third kappa shape index (κ3) is 29.9. The summed E-state index contributed by atoms with van der Waals surface area (Å²) in [5.41, 5.74) is -28.1. The van der Waals surface area contributed by atoms with E-state index in [9.17, 15) is 146 Å². The first-order chi connectivity index (χ1) is 57.4. The molecule has 0 fully saturated rings. The number of phenolic OH excluding ortho intramolecular Hbond substituents is 4. The van der Waals surface area contributed by atoms with E-state index < -0.39 is 224 Å². The summed E-state index contributed by atoms with van der Waals surface area (Å²) >= 11 is 2.84. The first-order valence-corrected chi connectivity index (χ1v) is 34.8. The summed E-state index contributed by atoms with van der Waals surface area (Å²) in [6.45, 7) is 17.9. The molecule has 0 saturated carbocycles. The molecule has 0 aliphatic heterocycles. The largest absolute Gasteiger partial charge is 1.00 e. The molecule has 8 aromatic carbocycles. The number of carbonyl (C=O) groups is 1. The molecule has 0 bridgehead atoms. The molecular formula is C82H64BrF31K2O11. The molecule has 4 N–H and O–H groups in total. The van der Waals surface area contributed by atoms with Gasteiger partial charge in [0.1, 0.15) is 102 Å². The van der Waals surface area contributed by atoms with Crippen molar-refractivity contribution in [3.8, 4) is 46.0 Å². The topological polar surface area (TPSA) is 167 Å². The van der Waals surface area contributed by atoms with Crippen LogP contribution in [0.5, 0.6) is 46.0 Å². The number of allylic oxidation sites excluding steroid dienone is 3. The molecule has 0 spiro atoms. The van der Waals surface area contributed by atoms with Crippen LogP contribution in [0.3, 0.4) is 0 Å². The van der Waals surface area contributed by atoms with Crippen LogP contribution in [-0.4, -0.2) is 108 Å². The Morgan fingerprint density at radius 2 is 0.457 bits per heavy atom. The summed E-state index contributed by atoms with van der Waals surface area (Å²) in [6.07, 6.45) is -48.1. The van der Waals surface area contributed by atoms with Crippen molar-refractivity contribution in [1.29, 1.82) is 0 Å². The molecule has 8 aromatic rings. The number of alkyl halides is 25. The second-order valence-corrected chi connectivity index (χ2v) is 25.9. The Kier molecular flexibility index (Phi) is 44.3. The molecule has 8 rings (SSSR count). The van der Waals surface area contributed by atoms with Crippen LogP contribution < -0.4 is 127 Å². The molecular weight excluding hydrogens is 1910 g/mol. The number of hydrogen-bond donors (Lipinski definition) is 4. The SMILES string of the molecule is C=C(F)CBr.C=C(F)COc1ccc(C(c2ccc(OCC(=C)F)cc2)(C(F)(F)F)C(F)(F)F)cc1.C=C(F)COc1ccc(C(c2ccc(OCC(=C)F)cc2)(C(F)(F)F)C(F)(F)F)cc1.C=C(F)Cc1cc(C(c2ccc(O)c(CC(=C)F)c2)(C(F)(F)F)C(F)(F)F)ccc1O.O=CO[O-].Oc1ccc(C(c2ccc(O)cc2)(C(F)(F)F)C(F)(F)F)cc1.[H-].[K+].[K+]. The third-order valence-electron chi connectivity index (χ3n) is 16.7. The van der Waals surface area contributed by atoms with Gasteiger partial charge in [-0.1, -0.05) is 159 Å². The Morgan fingerprint density at radius 3 is 0.598 bits per heavy atom. The third-order valence-corrected chi connectivity index (χ3v) is 17.3. The zero-order valence-electron chi connectivity index (χ0n) is 66.0. The van der Waals surface area contributed by atoms with Crippen LogP contribution >= 0.6 is 15.9 Å². The van der Waals surface area contributed by atoms with Crippen molar-refractivity contribution in [2.24, 2.45) is 0 Å². The van der Waals surface area contributed by atoms with Crippen molar-refractivity contribution in [1.82, 2.24) is 0 Å². The molecule has 11 nitrogen and oxygen atoms in total. The number of rotatable bonds is 26. The summed E-state index contributed by atoms with van der Waals surface area (Å²) in [7, 11) is 0. The van der Waals surface area contributed by atoms with Crippen LogP contribution in [0.25, 0.3) is 0 Å². The van der Waals surface area contributed by atoms with E-state index in [2.05, 4.69) is 66.9 Å². The van der Waals surface area contributed by atoms with Crippen LogP contribution in [0.1, 0.15) is 57.1 Å². The fraction of sp³-hybridized carbons (Fsp3) is 0.232. The fourth-order valence-corrected chi connectivity index (χ4v) is 11.5. The molecule has 0 atom stereocenters. The van der Waals surface area contributed by atoms with E-state index in [1.165, 1.54) is 0 Å². The van der Waals surface area contributed by atoms with Gasteiger partial charge >= 0.3 is 152 Å². The van der Waals surface area contributed by atoms with Gasteiger partial charge in [0.2, 0.25) is 21.7 Å². The van der Waals surface area contributed by atoms with Gasteiger partial charge in [-0.25, -0.2) is 30.7 Å². The maximum Gasteiger partial charge on any atom is 1.00 e. The van der Waals surface area contributed by atoms with Crippen molar-refractivity contribution >= 4 is 22.4 Å². The van der Waals surface area contributed by atoms with Crippen molar-refractivity contribution in [3.63, 3.8) is 0 Å². The Hall–Kier alpha value is -8.65. The molecule has 45 heteroatoms. The van der Waals surface area contributed by atoms with E-state index in [1.54, 1.807) is 0 Å². The van der Waals surface area contributed by atoms with Gasteiger partial charge in [0.05, 0.1) is 17.0 Å². The van der Waals surface area contributed by atoms with E-state index in [0.717, 1.165) is 72.8 Å². The van der Waals surface area contributed by atoms with E-state index in [4.69, 9.17) is 39.2 Å². The quantitative estimate of drug-likeness (QED) is 0.0102. The minimum Gasteiger partial charge on any atom is -1.00 e. The first-order valence-electron chi connectivity index (χ1n) is 33.7. The summed E-state index contributed by atoms with van der Waals surface area (Å²) in [4.78, 5) is 11.2. The average Bonchev–Trinajstić information content (AvgIpc) is 0.724. The number of ether oxygens (including phenoxy) is 4. The summed E-state index contributed by atoms with van der Waals surface area (Å²) in [6, 6.07) is 19.9. The molecule has 0 aromatic heterocycles. The number of aromatic hydroxyl groups is 4. The number of halogens is 32. The second-order valence-electron chi connectivity index (χ2n) is 25.3. The van der Waals surface area contributed by atoms with Crippen LogP contribution in [0.15, 0.2) is 269 Å². The number of phenols is 4. The van der Waals surface area contributed by atoms with Crippen molar-refractivity contribution in [3.05, 3.63) is 324 Å². The fourth-order valence-electron chi connectivity index (χ4n) is 11.5.